The van der Waals surface area contributed by atoms with E-state index in [-0.39, 0.29) is 6.04 Å². The van der Waals surface area contributed by atoms with Crippen molar-refractivity contribution in [1.82, 2.24) is 0 Å². The van der Waals surface area contributed by atoms with Crippen molar-refractivity contribution in [2.75, 3.05) is 0 Å². The van der Waals surface area contributed by atoms with E-state index in [4.69, 9.17) is 5.73 Å². The number of unbranched alkanes of at least 4 members (excludes halogenated alkanes) is 1. The van der Waals surface area contributed by atoms with Crippen LogP contribution in [0.4, 0.5) is 0 Å². The molecule has 2 N–H and O–H groups in total. The predicted octanol–water partition coefficient (Wildman–Crippen LogP) is 4.68. The summed E-state index contributed by atoms with van der Waals surface area (Å²) >= 11 is 0. The first-order valence-corrected chi connectivity index (χ1v) is 7.08. The molecule has 0 amide bonds. The van der Waals surface area contributed by atoms with Gasteiger partial charge in [0.15, 0.2) is 0 Å². The molecule has 0 radical (unpaired) electrons. The third kappa shape index (κ3) is 5.36. The molecule has 0 aromatic heterocycles. The Hall–Kier alpha value is -0.820. The minimum atomic E-state index is 0.213. The summed E-state index contributed by atoms with van der Waals surface area (Å²) in [7, 11) is 0. The largest absolute Gasteiger partial charge is 0.324 e. The highest BCUT2D eigenvalue weighted by Gasteiger charge is 2.13. The maximum atomic E-state index is 6.30. The fourth-order valence-corrected chi connectivity index (χ4v) is 2.48. The molecule has 1 aromatic rings. The van der Waals surface area contributed by atoms with Gasteiger partial charge in [0.1, 0.15) is 0 Å². The SMILES string of the molecule is CCCCC(CCC)CC(N)c1ccccc1. The first kappa shape index (κ1) is 14.2. The Morgan fingerprint density at radius 2 is 1.71 bits per heavy atom. The highest BCUT2D eigenvalue weighted by Crippen LogP contribution is 2.26. The summed E-state index contributed by atoms with van der Waals surface area (Å²) in [6.45, 7) is 4.53. The van der Waals surface area contributed by atoms with Crippen molar-refractivity contribution in [2.45, 2.75) is 58.4 Å². The van der Waals surface area contributed by atoms with Gasteiger partial charge in [-0.1, -0.05) is 76.3 Å². The number of benzene rings is 1. The zero-order valence-electron chi connectivity index (χ0n) is 11.4. The number of nitrogens with two attached hydrogens (primary N) is 1. The van der Waals surface area contributed by atoms with Gasteiger partial charge in [-0.3, -0.25) is 0 Å². The second-order valence-corrected chi connectivity index (χ2v) is 5.05. The molecule has 0 aliphatic heterocycles. The monoisotopic (exact) mass is 233 g/mol. The summed E-state index contributed by atoms with van der Waals surface area (Å²) in [6.07, 6.45) is 7.70. The van der Waals surface area contributed by atoms with E-state index in [0.717, 1.165) is 12.3 Å². The van der Waals surface area contributed by atoms with Gasteiger partial charge in [-0.2, -0.15) is 0 Å². The van der Waals surface area contributed by atoms with E-state index in [0.29, 0.717) is 0 Å². The normalized spacial score (nSPS) is 14.5. The van der Waals surface area contributed by atoms with Crippen molar-refractivity contribution >= 4 is 0 Å². The molecule has 2 unspecified atom stereocenters. The topological polar surface area (TPSA) is 26.0 Å². The highest BCUT2D eigenvalue weighted by molar-refractivity contribution is 5.18. The molecule has 0 fully saturated rings. The summed E-state index contributed by atoms with van der Waals surface area (Å²) < 4.78 is 0. The fourth-order valence-electron chi connectivity index (χ4n) is 2.48. The molecule has 2 atom stereocenters. The van der Waals surface area contributed by atoms with Crippen molar-refractivity contribution in [2.24, 2.45) is 11.7 Å². The first-order valence-electron chi connectivity index (χ1n) is 7.08. The molecule has 96 valence electrons. The zero-order chi connectivity index (χ0) is 12.5. The minimum Gasteiger partial charge on any atom is -0.324 e. The van der Waals surface area contributed by atoms with Crippen LogP contribution in [-0.2, 0) is 0 Å². The summed E-state index contributed by atoms with van der Waals surface area (Å²) in [5.41, 5.74) is 7.58. The maximum Gasteiger partial charge on any atom is 0.0297 e. The zero-order valence-corrected chi connectivity index (χ0v) is 11.4. The van der Waals surface area contributed by atoms with Crippen molar-refractivity contribution in [3.8, 4) is 0 Å². The summed E-state index contributed by atoms with van der Waals surface area (Å²) in [6, 6.07) is 10.7. The van der Waals surface area contributed by atoms with Crippen LogP contribution in [0.3, 0.4) is 0 Å². The molecule has 1 aromatic carbocycles. The van der Waals surface area contributed by atoms with Crippen LogP contribution in [0.25, 0.3) is 0 Å². The molecule has 0 saturated heterocycles. The van der Waals surface area contributed by atoms with E-state index in [1.807, 2.05) is 0 Å². The molecule has 0 aliphatic rings. The van der Waals surface area contributed by atoms with Crippen molar-refractivity contribution in [3.63, 3.8) is 0 Å². The van der Waals surface area contributed by atoms with Crippen LogP contribution in [0, 0.1) is 5.92 Å². The van der Waals surface area contributed by atoms with E-state index in [9.17, 15) is 0 Å². The Morgan fingerprint density at radius 1 is 1.00 bits per heavy atom. The molecular weight excluding hydrogens is 206 g/mol. The quantitative estimate of drug-likeness (QED) is 0.693. The Labute approximate surface area is 106 Å². The molecule has 1 nitrogen and oxygen atoms in total. The van der Waals surface area contributed by atoms with Gasteiger partial charge >= 0.3 is 0 Å². The van der Waals surface area contributed by atoms with Crippen molar-refractivity contribution in [1.29, 1.82) is 0 Å². The number of hydrogen-bond acceptors (Lipinski definition) is 1. The van der Waals surface area contributed by atoms with Crippen LogP contribution < -0.4 is 5.73 Å². The molecule has 17 heavy (non-hydrogen) atoms. The molecular formula is C16H27N. The van der Waals surface area contributed by atoms with Gasteiger partial charge in [-0.15, -0.1) is 0 Å². The highest BCUT2D eigenvalue weighted by atomic mass is 14.6. The fraction of sp³-hybridized carbons (Fsp3) is 0.625. The van der Waals surface area contributed by atoms with Gasteiger partial charge in [0, 0.05) is 6.04 Å². The van der Waals surface area contributed by atoms with E-state index in [1.165, 1.54) is 37.7 Å². The van der Waals surface area contributed by atoms with Gasteiger partial charge in [0.2, 0.25) is 0 Å². The Kier molecular flexibility index (Phi) is 6.95. The lowest BCUT2D eigenvalue weighted by molar-refractivity contribution is 0.372. The Balaban J connectivity index is 2.48. The Morgan fingerprint density at radius 3 is 2.29 bits per heavy atom. The molecule has 0 aliphatic carbocycles. The van der Waals surface area contributed by atoms with E-state index in [2.05, 4.69) is 44.2 Å². The van der Waals surface area contributed by atoms with E-state index < -0.39 is 0 Å². The van der Waals surface area contributed by atoms with Crippen molar-refractivity contribution < 1.29 is 0 Å². The third-order valence-corrected chi connectivity index (χ3v) is 3.48. The summed E-state index contributed by atoms with van der Waals surface area (Å²) in [4.78, 5) is 0. The van der Waals surface area contributed by atoms with Crippen LogP contribution >= 0.6 is 0 Å². The van der Waals surface area contributed by atoms with Gasteiger partial charge in [0.05, 0.1) is 0 Å². The second kappa shape index (κ2) is 8.30. The standard InChI is InChI=1S/C16H27N/c1-3-5-10-14(9-4-2)13-16(17)15-11-7-6-8-12-15/h6-8,11-12,14,16H,3-5,9-10,13,17H2,1-2H3. The van der Waals surface area contributed by atoms with Crippen LogP contribution in [0.5, 0.6) is 0 Å². The number of hydrogen-bond donors (Lipinski definition) is 1. The van der Waals surface area contributed by atoms with Gasteiger partial charge in [-0.05, 0) is 17.9 Å². The molecule has 1 rings (SSSR count). The first-order chi connectivity index (χ1) is 8.27. The molecule has 0 spiro atoms. The van der Waals surface area contributed by atoms with Crippen LogP contribution in [0.2, 0.25) is 0 Å². The Bertz CT molecular complexity index is 281. The average molecular weight is 233 g/mol. The lowest BCUT2D eigenvalue weighted by atomic mass is 9.88. The molecule has 0 bridgehead atoms. The van der Waals surface area contributed by atoms with Gasteiger partial charge in [-0.25, -0.2) is 0 Å². The summed E-state index contributed by atoms with van der Waals surface area (Å²) in [5.74, 6) is 0.801. The average Bonchev–Trinajstić information content (AvgIpc) is 2.37. The lowest BCUT2D eigenvalue weighted by Crippen LogP contribution is -2.15. The van der Waals surface area contributed by atoms with Gasteiger partial charge < -0.3 is 5.73 Å². The summed E-state index contributed by atoms with van der Waals surface area (Å²) in [5, 5.41) is 0. The smallest absolute Gasteiger partial charge is 0.0297 e. The van der Waals surface area contributed by atoms with Crippen molar-refractivity contribution in [3.05, 3.63) is 35.9 Å². The molecule has 0 heterocycles. The minimum absolute atomic E-state index is 0.213. The lowest BCUT2D eigenvalue weighted by Gasteiger charge is -2.20. The van der Waals surface area contributed by atoms with Crippen LogP contribution in [-0.4, -0.2) is 0 Å². The molecule has 0 saturated carbocycles. The molecule has 1 heteroatoms. The van der Waals surface area contributed by atoms with Crippen LogP contribution in [0.15, 0.2) is 30.3 Å². The van der Waals surface area contributed by atoms with Crippen LogP contribution in [0.1, 0.15) is 64.0 Å². The predicted molar refractivity (Wildman–Crippen MR) is 75.9 cm³/mol. The third-order valence-electron chi connectivity index (χ3n) is 3.48. The van der Waals surface area contributed by atoms with E-state index >= 15 is 0 Å². The van der Waals surface area contributed by atoms with Gasteiger partial charge in [0.25, 0.3) is 0 Å². The van der Waals surface area contributed by atoms with E-state index in [1.54, 1.807) is 0 Å². The number of rotatable bonds is 8. The second-order valence-electron chi connectivity index (χ2n) is 5.05. The maximum absolute atomic E-state index is 6.30.